The van der Waals surface area contributed by atoms with Crippen molar-refractivity contribution in [3.63, 3.8) is 0 Å². The molecule has 150 valence electrons. The summed E-state index contributed by atoms with van der Waals surface area (Å²) in [4.78, 5) is 21.9. The molecule has 0 spiro atoms. The molecule has 1 aromatic heterocycles. The predicted molar refractivity (Wildman–Crippen MR) is 109 cm³/mol. The molecule has 0 radical (unpaired) electrons. The lowest BCUT2D eigenvalue weighted by Gasteiger charge is -2.34. The molecule has 0 atom stereocenters. The standard InChI is InChI=1S/C20H30BrN3O3/c1-20(2,3)27-19(25)24(15-6-4-5-7-15)14-16-17(8-9-18(21)22-16)23-10-12-26-13-11-23/h8-9,15H,4-7,10-14H2,1-3H3. The monoisotopic (exact) mass is 439 g/mol. The number of nitrogens with zero attached hydrogens (tertiary/aromatic N) is 3. The molecule has 7 heteroatoms. The Kier molecular flexibility index (Phi) is 6.63. The van der Waals surface area contributed by atoms with Crippen LogP contribution in [0.2, 0.25) is 0 Å². The van der Waals surface area contributed by atoms with Crippen LogP contribution >= 0.6 is 15.9 Å². The van der Waals surface area contributed by atoms with Gasteiger partial charge in [0.15, 0.2) is 0 Å². The van der Waals surface area contributed by atoms with E-state index in [-0.39, 0.29) is 12.1 Å². The number of halogens is 1. The van der Waals surface area contributed by atoms with E-state index in [0.29, 0.717) is 19.8 Å². The van der Waals surface area contributed by atoms with Gasteiger partial charge in [0.05, 0.1) is 31.1 Å². The minimum Gasteiger partial charge on any atom is -0.444 e. The lowest BCUT2D eigenvalue weighted by atomic mass is 10.1. The van der Waals surface area contributed by atoms with Crippen molar-refractivity contribution in [2.75, 3.05) is 31.2 Å². The van der Waals surface area contributed by atoms with Crippen LogP contribution in [0.4, 0.5) is 10.5 Å². The van der Waals surface area contributed by atoms with E-state index in [1.165, 1.54) is 0 Å². The molecule has 2 fully saturated rings. The summed E-state index contributed by atoms with van der Waals surface area (Å²) in [6.45, 7) is 9.31. The van der Waals surface area contributed by atoms with E-state index in [9.17, 15) is 4.79 Å². The fourth-order valence-corrected chi connectivity index (χ4v) is 4.06. The van der Waals surface area contributed by atoms with Gasteiger partial charge in [0.1, 0.15) is 10.2 Å². The van der Waals surface area contributed by atoms with Crippen molar-refractivity contribution in [2.45, 2.75) is 64.6 Å². The molecule has 0 aromatic carbocycles. The van der Waals surface area contributed by atoms with E-state index < -0.39 is 5.60 Å². The number of anilines is 1. The molecule has 1 saturated carbocycles. The van der Waals surface area contributed by atoms with Crippen LogP contribution in [-0.4, -0.2) is 53.9 Å². The number of carbonyl (C=O) groups excluding carboxylic acids is 1. The molecule has 1 aromatic rings. The first-order chi connectivity index (χ1) is 12.8. The van der Waals surface area contributed by atoms with E-state index in [1.807, 2.05) is 31.7 Å². The van der Waals surface area contributed by atoms with Gasteiger partial charge in [0, 0.05) is 19.1 Å². The molecule has 0 N–H and O–H groups in total. The van der Waals surface area contributed by atoms with Crippen molar-refractivity contribution < 1.29 is 14.3 Å². The minimum absolute atomic E-state index is 0.221. The quantitative estimate of drug-likeness (QED) is 0.652. The second kappa shape index (κ2) is 8.78. The zero-order chi connectivity index (χ0) is 19.4. The number of hydrogen-bond donors (Lipinski definition) is 0. The van der Waals surface area contributed by atoms with Crippen LogP contribution in [0.3, 0.4) is 0 Å². The average molecular weight is 440 g/mol. The molecule has 1 aliphatic carbocycles. The third-order valence-corrected chi connectivity index (χ3v) is 5.42. The first-order valence-electron chi connectivity index (χ1n) is 9.81. The van der Waals surface area contributed by atoms with Gasteiger partial charge in [-0.3, -0.25) is 4.90 Å². The Bertz CT molecular complexity index is 650. The summed E-state index contributed by atoms with van der Waals surface area (Å²) in [5, 5.41) is 0. The molecular formula is C20H30BrN3O3. The van der Waals surface area contributed by atoms with Gasteiger partial charge in [-0.25, -0.2) is 9.78 Å². The van der Waals surface area contributed by atoms with Crippen LogP contribution in [0.25, 0.3) is 0 Å². The summed E-state index contributed by atoms with van der Waals surface area (Å²) in [6.07, 6.45) is 4.13. The molecule has 27 heavy (non-hydrogen) atoms. The van der Waals surface area contributed by atoms with Gasteiger partial charge in [-0.1, -0.05) is 12.8 Å². The third kappa shape index (κ3) is 5.57. The van der Waals surface area contributed by atoms with Gasteiger partial charge >= 0.3 is 6.09 Å². The minimum atomic E-state index is -0.508. The van der Waals surface area contributed by atoms with Crippen molar-refractivity contribution >= 4 is 27.7 Å². The number of hydrogen-bond acceptors (Lipinski definition) is 5. The van der Waals surface area contributed by atoms with Gasteiger partial charge in [-0.05, 0) is 61.7 Å². The van der Waals surface area contributed by atoms with E-state index in [1.54, 1.807) is 0 Å². The molecule has 1 amide bonds. The summed E-state index contributed by atoms with van der Waals surface area (Å²) in [7, 11) is 0. The molecule has 1 aliphatic heterocycles. The highest BCUT2D eigenvalue weighted by Crippen LogP contribution is 2.30. The van der Waals surface area contributed by atoms with Gasteiger partial charge in [0.25, 0.3) is 0 Å². The van der Waals surface area contributed by atoms with Crippen LogP contribution in [0.15, 0.2) is 16.7 Å². The second-order valence-electron chi connectivity index (χ2n) is 8.25. The second-order valence-corrected chi connectivity index (χ2v) is 9.06. The van der Waals surface area contributed by atoms with E-state index >= 15 is 0 Å². The van der Waals surface area contributed by atoms with Crippen molar-refractivity contribution in [2.24, 2.45) is 0 Å². The van der Waals surface area contributed by atoms with E-state index in [4.69, 9.17) is 14.5 Å². The smallest absolute Gasteiger partial charge is 0.410 e. The topological polar surface area (TPSA) is 54.9 Å². The maximum Gasteiger partial charge on any atom is 0.410 e. The number of aromatic nitrogens is 1. The Morgan fingerprint density at radius 3 is 2.59 bits per heavy atom. The average Bonchev–Trinajstić information content (AvgIpc) is 3.13. The summed E-state index contributed by atoms with van der Waals surface area (Å²) in [5.41, 5.74) is 1.48. The number of ether oxygens (including phenoxy) is 2. The fraction of sp³-hybridized carbons (Fsp3) is 0.700. The number of morpholine rings is 1. The van der Waals surface area contributed by atoms with E-state index in [0.717, 1.165) is 54.8 Å². The Labute approximate surface area is 170 Å². The first kappa shape index (κ1) is 20.4. The Hall–Kier alpha value is -1.34. The van der Waals surface area contributed by atoms with Crippen molar-refractivity contribution in [1.82, 2.24) is 9.88 Å². The summed E-state index contributed by atoms with van der Waals surface area (Å²) >= 11 is 3.49. The zero-order valence-electron chi connectivity index (χ0n) is 16.5. The molecule has 0 bridgehead atoms. The Balaban J connectivity index is 1.86. The zero-order valence-corrected chi connectivity index (χ0v) is 18.1. The summed E-state index contributed by atoms with van der Waals surface area (Å²) < 4.78 is 12.0. The third-order valence-electron chi connectivity index (χ3n) is 4.98. The largest absolute Gasteiger partial charge is 0.444 e. The predicted octanol–water partition coefficient (Wildman–Crippen LogP) is 4.36. The lowest BCUT2D eigenvalue weighted by molar-refractivity contribution is 0.0142. The Morgan fingerprint density at radius 2 is 1.96 bits per heavy atom. The molecule has 0 unspecified atom stereocenters. The lowest BCUT2D eigenvalue weighted by Crippen LogP contribution is -2.43. The molecule has 6 nitrogen and oxygen atoms in total. The first-order valence-corrected chi connectivity index (χ1v) is 10.6. The molecule has 2 heterocycles. The molecule has 2 aliphatic rings. The SMILES string of the molecule is CC(C)(C)OC(=O)N(Cc1nc(Br)ccc1N1CCOCC1)C1CCCC1. The van der Waals surface area contributed by atoms with Gasteiger partial charge < -0.3 is 14.4 Å². The summed E-state index contributed by atoms with van der Waals surface area (Å²) in [6, 6.07) is 4.26. The van der Waals surface area contributed by atoms with E-state index in [2.05, 4.69) is 26.9 Å². The van der Waals surface area contributed by atoms with Crippen LogP contribution < -0.4 is 4.90 Å². The maximum absolute atomic E-state index is 13.0. The van der Waals surface area contributed by atoms with Gasteiger partial charge in [-0.15, -0.1) is 0 Å². The Morgan fingerprint density at radius 1 is 1.30 bits per heavy atom. The fourth-order valence-electron chi connectivity index (χ4n) is 3.72. The van der Waals surface area contributed by atoms with Crippen LogP contribution in [0, 0.1) is 0 Å². The number of carbonyl (C=O) groups is 1. The highest BCUT2D eigenvalue weighted by atomic mass is 79.9. The molecular weight excluding hydrogens is 410 g/mol. The van der Waals surface area contributed by atoms with Gasteiger partial charge in [0.2, 0.25) is 0 Å². The van der Waals surface area contributed by atoms with Crippen molar-refractivity contribution in [3.05, 3.63) is 22.4 Å². The summed E-state index contributed by atoms with van der Waals surface area (Å²) in [5.74, 6) is 0. The van der Waals surface area contributed by atoms with Crippen molar-refractivity contribution in [3.8, 4) is 0 Å². The van der Waals surface area contributed by atoms with Crippen LogP contribution in [0.1, 0.15) is 52.1 Å². The molecule has 3 rings (SSSR count). The number of pyridine rings is 1. The number of rotatable bonds is 4. The molecule has 1 saturated heterocycles. The van der Waals surface area contributed by atoms with Crippen LogP contribution in [0.5, 0.6) is 0 Å². The highest BCUT2D eigenvalue weighted by Gasteiger charge is 2.32. The van der Waals surface area contributed by atoms with Gasteiger partial charge in [-0.2, -0.15) is 0 Å². The normalized spacial score (nSPS) is 18.6. The highest BCUT2D eigenvalue weighted by molar-refractivity contribution is 9.10. The van der Waals surface area contributed by atoms with Crippen molar-refractivity contribution in [1.29, 1.82) is 0 Å². The van der Waals surface area contributed by atoms with Crippen LogP contribution in [-0.2, 0) is 16.0 Å². The number of amides is 1. The maximum atomic E-state index is 13.0.